The lowest BCUT2D eigenvalue weighted by Crippen LogP contribution is -2.53. The van der Waals surface area contributed by atoms with Gasteiger partial charge in [-0.2, -0.15) is 18.2 Å². The number of benzene rings is 1. The van der Waals surface area contributed by atoms with E-state index in [1.807, 2.05) is 0 Å². The first kappa shape index (κ1) is 31.8. The van der Waals surface area contributed by atoms with Crippen LogP contribution in [0.5, 0.6) is 0 Å². The molecule has 1 atom stereocenters. The van der Waals surface area contributed by atoms with Gasteiger partial charge in [0.25, 0.3) is 6.43 Å². The van der Waals surface area contributed by atoms with E-state index in [0.29, 0.717) is 36.3 Å². The number of anilines is 3. The van der Waals surface area contributed by atoms with Gasteiger partial charge in [-0.3, -0.25) is 0 Å². The van der Waals surface area contributed by atoms with E-state index in [-0.39, 0.29) is 35.6 Å². The fourth-order valence-corrected chi connectivity index (χ4v) is 8.74. The van der Waals surface area contributed by atoms with Gasteiger partial charge in [-0.15, -0.1) is 0 Å². The second-order valence-corrected chi connectivity index (χ2v) is 14.9. The number of nitrogens with zero attached hydrogens (tertiary/aromatic N) is 4. The van der Waals surface area contributed by atoms with Crippen molar-refractivity contribution in [3.63, 3.8) is 0 Å². The Balaban J connectivity index is 1.32. The Bertz CT molecular complexity index is 1440. The molecule has 1 unspecified atom stereocenters. The Morgan fingerprint density at radius 3 is 2.35 bits per heavy atom. The van der Waals surface area contributed by atoms with Crippen molar-refractivity contribution in [1.82, 2.24) is 14.9 Å². The van der Waals surface area contributed by atoms with Gasteiger partial charge < -0.3 is 20.2 Å². The van der Waals surface area contributed by atoms with Crippen LogP contribution < -0.4 is 10.2 Å². The number of alkyl halides is 5. The van der Waals surface area contributed by atoms with Gasteiger partial charge in [0.2, 0.25) is 5.95 Å². The molecule has 43 heavy (non-hydrogen) atoms. The second kappa shape index (κ2) is 11.4. The Labute approximate surface area is 248 Å². The average Bonchev–Trinajstić information content (AvgIpc) is 2.92. The van der Waals surface area contributed by atoms with Gasteiger partial charge in [0.05, 0.1) is 16.7 Å². The van der Waals surface area contributed by atoms with Gasteiger partial charge in [-0.25, -0.2) is 22.2 Å². The van der Waals surface area contributed by atoms with E-state index in [0.717, 1.165) is 30.8 Å². The van der Waals surface area contributed by atoms with Gasteiger partial charge in [-0.1, -0.05) is 0 Å². The van der Waals surface area contributed by atoms with E-state index in [2.05, 4.69) is 34.0 Å². The Hall–Kier alpha value is -2.58. The van der Waals surface area contributed by atoms with Crippen molar-refractivity contribution in [2.45, 2.75) is 93.7 Å². The first-order valence-electron chi connectivity index (χ1n) is 14.6. The third-order valence-corrected chi connectivity index (χ3v) is 11.5. The molecular weight excluding hydrogens is 593 g/mol. The standard InChI is InChI=1S/C29H38F5N5O3S/c1-18(2)38-11-8-27(9-12-38)14-21(15-27)43(41,42)20-5-6-23(19(3)13-20)36-26-35-16-22(29(32,33)34)24(37-26)39-10-4-7-28(40,17-39)25(30)31/h5-6,13,16,18,21,25,40H,4,7-12,14-15,17H2,1-3H3,(H,35,36,37). The minimum absolute atomic E-state index is 0.00141. The van der Waals surface area contributed by atoms with Crippen molar-refractivity contribution in [2.75, 3.05) is 36.4 Å². The van der Waals surface area contributed by atoms with E-state index < -0.39 is 51.2 Å². The molecule has 3 aliphatic rings. The zero-order chi connectivity index (χ0) is 31.4. The molecule has 0 amide bonds. The minimum Gasteiger partial charge on any atom is -0.382 e. The molecule has 1 aromatic carbocycles. The summed E-state index contributed by atoms with van der Waals surface area (Å²) in [5, 5.41) is 12.7. The van der Waals surface area contributed by atoms with Crippen LogP contribution in [0.3, 0.4) is 0 Å². The third kappa shape index (κ3) is 6.32. The van der Waals surface area contributed by atoms with Crippen molar-refractivity contribution >= 4 is 27.3 Å². The summed E-state index contributed by atoms with van der Waals surface area (Å²) in [4.78, 5) is 11.4. The summed E-state index contributed by atoms with van der Waals surface area (Å²) in [7, 11) is -3.57. The van der Waals surface area contributed by atoms with Crippen LogP contribution in [0.2, 0.25) is 0 Å². The van der Waals surface area contributed by atoms with E-state index in [4.69, 9.17) is 0 Å². The van der Waals surface area contributed by atoms with Crippen LogP contribution in [-0.4, -0.2) is 77.9 Å². The molecule has 238 valence electrons. The van der Waals surface area contributed by atoms with E-state index in [9.17, 15) is 35.5 Å². The zero-order valence-electron chi connectivity index (χ0n) is 24.5. The number of aliphatic hydroxyl groups is 1. The van der Waals surface area contributed by atoms with Crippen molar-refractivity contribution in [3.05, 3.63) is 35.5 Å². The fourth-order valence-electron chi connectivity index (χ4n) is 6.61. The van der Waals surface area contributed by atoms with Gasteiger partial charge in [0.1, 0.15) is 17.0 Å². The number of aromatic nitrogens is 2. The first-order valence-corrected chi connectivity index (χ1v) is 16.1. The molecule has 1 saturated carbocycles. The molecule has 0 radical (unpaired) electrons. The number of sulfone groups is 1. The molecule has 2 saturated heterocycles. The van der Waals surface area contributed by atoms with Crippen molar-refractivity contribution in [2.24, 2.45) is 5.41 Å². The Morgan fingerprint density at radius 1 is 1.09 bits per heavy atom. The normalized spacial score (nSPS) is 23.7. The van der Waals surface area contributed by atoms with Crippen LogP contribution in [0, 0.1) is 12.3 Å². The maximum atomic E-state index is 13.8. The minimum atomic E-state index is -4.86. The number of hydrogen-bond acceptors (Lipinski definition) is 8. The number of β-amino-alcohol motifs (C(OH)–C–C–N with tert-alkyl or cyclic N) is 1. The molecule has 3 fully saturated rings. The summed E-state index contributed by atoms with van der Waals surface area (Å²) in [6.45, 7) is 7.24. The molecule has 1 aliphatic carbocycles. The second-order valence-electron chi connectivity index (χ2n) is 12.7. The van der Waals surface area contributed by atoms with Crippen LogP contribution in [0.1, 0.15) is 63.5 Å². The Morgan fingerprint density at radius 2 is 1.77 bits per heavy atom. The molecular formula is C29H38F5N5O3S. The predicted molar refractivity (Wildman–Crippen MR) is 152 cm³/mol. The predicted octanol–water partition coefficient (Wildman–Crippen LogP) is 5.57. The van der Waals surface area contributed by atoms with Gasteiger partial charge in [0.15, 0.2) is 9.84 Å². The smallest absolute Gasteiger partial charge is 0.382 e. The van der Waals surface area contributed by atoms with Crippen molar-refractivity contribution in [3.8, 4) is 0 Å². The first-order chi connectivity index (χ1) is 20.0. The molecule has 5 rings (SSSR count). The maximum absolute atomic E-state index is 13.8. The number of halogens is 5. The van der Waals surface area contributed by atoms with Crippen LogP contribution in [0.4, 0.5) is 39.4 Å². The molecule has 14 heteroatoms. The molecule has 2 aliphatic heterocycles. The van der Waals surface area contributed by atoms with Crippen molar-refractivity contribution in [1.29, 1.82) is 0 Å². The summed E-state index contributed by atoms with van der Waals surface area (Å²) in [5.74, 6) is -0.833. The van der Waals surface area contributed by atoms with Crippen LogP contribution >= 0.6 is 0 Å². The molecule has 2 N–H and O–H groups in total. The number of hydrogen-bond donors (Lipinski definition) is 2. The summed E-state index contributed by atoms with van der Waals surface area (Å²) in [6.07, 6.45) is -4.34. The number of aryl methyl sites for hydroxylation is 1. The average molecular weight is 632 g/mol. The van der Waals surface area contributed by atoms with Crippen LogP contribution in [0.15, 0.2) is 29.3 Å². The van der Waals surface area contributed by atoms with Crippen molar-refractivity contribution < 1.29 is 35.5 Å². The number of rotatable bonds is 7. The molecule has 1 spiro atoms. The van der Waals surface area contributed by atoms with Gasteiger partial charge >= 0.3 is 6.18 Å². The lowest BCUT2D eigenvalue weighted by atomic mass is 9.63. The molecule has 3 heterocycles. The number of likely N-dealkylation sites (tertiary alicyclic amines) is 1. The number of nitrogens with one attached hydrogen (secondary N) is 1. The van der Waals surface area contributed by atoms with E-state index in [1.165, 1.54) is 18.2 Å². The summed E-state index contributed by atoms with van der Waals surface area (Å²) >= 11 is 0. The zero-order valence-corrected chi connectivity index (χ0v) is 25.3. The van der Waals surface area contributed by atoms with Crippen LogP contribution in [0.25, 0.3) is 0 Å². The SMILES string of the molecule is Cc1cc(S(=O)(=O)C2CC3(CCN(C(C)C)CC3)C2)ccc1Nc1ncc(C(F)(F)F)c(N2CCCC(O)(C(F)F)C2)n1. The maximum Gasteiger partial charge on any atom is 0.421 e. The van der Waals surface area contributed by atoms with E-state index in [1.54, 1.807) is 6.92 Å². The van der Waals surface area contributed by atoms with Gasteiger partial charge in [0, 0.05) is 24.5 Å². The highest BCUT2D eigenvalue weighted by molar-refractivity contribution is 7.92. The highest BCUT2D eigenvalue weighted by Crippen LogP contribution is 2.53. The lowest BCUT2D eigenvalue weighted by Gasteiger charge is -2.52. The summed E-state index contributed by atoms with van der Waals surface area (Å²) < 4.78 is 95.3. The monoisotopic (exact) mass is 631 g/mol. The lowest BCUT2D eigenvalue weighted by molar-refractivity contribution is -0.138. The topological polar surface area (TPSA) is 98.7 Å². The molecule has 0 bridgehead atoms. The molecule has 2 aromatic rings. The highest BCUT2D eigenvalue weighted by Gasteiger charge is 2.51. The highest BCUT2D eigenvalue weighted by atomic mass is 32.2. The summed E-state index contributed by atoms with van der Waals surface area (Å²) in [5.41, 5.74) is -2.67. The Kier molecular flexibility index (Phi) is 8.44. The largest absolute Gasteiger partial charge is 0.421 e. The third-order valence-electron chi connectivity index (χ3n) is 9.40. The number of piperidine rings is 2. The van der Waals surface area contributed by atoms with E-state index >= 15 is 0 Å². The van der Waals surface area contributed by atoms with Crippen LogP contribution in [-0.2, 0) is 16.0 Å². The quantitative estimate of drug-likeness (QED) is 0.383. The fraction of sp³-hybridized carbons (Fsp3) is 0.655. The summed E-state index contributed by atoms with van der Waals surface area (Å²) in [6, 6.07) is 4.99. The molecule has 8 nitrogen and oxygen atoms in total. The van der Waals surface area contributed by atoms with Gasteiger partial charge in [-0.05, 0) is 102 Å². The molecule has 1 aromatic heterocycles.